The number of amides is 1. The van der Waals surface area contributed by atoms with Crippen molar-refractivity contribution < 1.29 is 9.53 Å². The van der Waals surface area contributed by atoms with E-state index in [0.717, 1.165) is 17.7 Å². The molecular formula is C11H18N2O2S. The normalized spacial score (nSPS) is 12.4. The van der Waals surface area contributed by atoms with Crippen LogP contribution in [0.5, 0.6) is 0 Å². The highest BCUT2D eigenvalue weighted by molar-refractivity contribution is 7.14. The van der Waals surface area contributed by atoms with Crippen LogP contribution in [0, 0.1) is 0 Å². The number of thiophene rings is 1. The van der Waals surface area contributed by atoms with E-state index in [1.807, 2.05) is 6.07 Å². The van der Waals surface area contributed by atoms with Crippen LogP contribution in [0.4, 0.5) is 0 Å². The molecule has 1 atom stereocenters. The van der Waals surface area contributed by atoms with E-state index in [2.05, 4.69) is 19.3 Å². The zero-order valence-electron chi connectivity index (χ0n) is 9.66. The molecule has 0 radical (unpaired) electrons. The first-order chi connectivity index (χ1) is 7.67. The van der Waals surface area contributed by atoms with Gasteiger partial charge in [0.2, 0.25) is 0 Å². The number of carbonyl (C=O) groups is 1. The van der Waals surface area contributed by atoms with E-state index in [9.17, 15) is 4.79 Å². The Balaban J connectivity index is 2.43. The Morgan fingerprint density at radius 2 is 2.38 bits per heavy atom. The number of hydrazine groups is 1. The number of hydrogen-bond donors (Lipinski definition) is 2. The maximum atomic E-state index is 11.2. The average molecular weight is 242 g/mol. The fourth-order valence-corrected chi connectivity index (χ4v) is 2.20. The van der Waals surface area contributed by atoms with Crippen LogP contribution in [0.3, 0.4) is 0 Å². The Labute approximate surface area is 99.8 Å². The molecular weight excluding hydrogens is 224 g/mol. The number of nitrogens with two attached hydrogens (primary N) is 1. The zero-order chi connectivity index (χ0) is 12.0. The maximum absolute atomic E-state index is 11.2. The van der Waals surface area contributed by atoms with Crippen LogP contribution in [0.25, 0.3) is 0 Å². The molecule has 0 saturated heterocycles. The van der Waals surface area contributed by atoms with Gasteiger partial charge in [-0.3, -0.25) is 10.2 Å². The minimum Gasteiger partial charge on any atom is -0.373 e. The van der Waals surface area contributed by atoms with Crippen molar-refractivity contribution >= 4 is 17.2 Å². The highest BCUT2D eigenvalue weighted by Crippen LogP contribution is 2.18. The van der Waals surface area contributed by atoms with Gasteiger partial charge in [0.25, 0.3) is 5.91 Å². The lowest BCUT2D eigenvalue weighted by atomic mass is 10.2. The molecule has 1 rings (SSSR count). The molecule has 0 fully saturated rings. The summed E-state index contributed by atoms with van der Waals surface area (Å²) < 4.78 is 5.64. The van der Waals surface area contributed by atoms with Crippen LogP contribution < -0.4 is 11.3 Å². The predicted octanol–water partition coefficient (Wildman–Crippen LogP) is 2.06. The van der Waals surface area contributed by atoms with Crippen molar-refractivity contribution in [1.82, 2.24) is 5.43 Å². The van der Waals surface area contributed by atoms with Gasteiger partial charge in [0.15, 0.2) is 0 Å². The second-order valence-electron chi connectivity index (χ2n) is 3.65. The first kappa shape index (κ1) is 13.2. The van der Waals surface area contributed by atoms with Crippen molar-refractivity contribution in [3.63, 3.8) is 0 Å². The first-order valence-electron chi connectivity index (χ1n) is 5.38. The molecule has 0 aliphatic carbocycles. The molecule has 16 heavy (non-hydrogen) atoms. The van der Waals surface area contributed by atoms with Gasteiger partial charge in [-0.1, -0.05) is 13.3 Å². The van der Waals surface area contributed by atoms with Crippen molar-refractivity contribution in [2.24, 2.45) is 5.84 Å². The number of nitrogens with one attached hydrogen (secondary N) is 1. The standard InChI is InChI=1S/C11H18N2O2S/c1-3-4-8(2)15-7-9-5-6-10(16-9)11(14)13-12/h5-6,8H,3-4,7,12H2,1-2H3,(H,13,14). The van der Waals surface area contributed by atoms with Crippen molar-refractivity contribution in [3.05, 3.63) is 21.9 Å². The van der Waals surface area contributed by atoms with Crippen molar-refractivity contribution in [2.75, 3.05) is 0 Å². The number of hydrogen-bond acceptors (Lipinski definition) is 4. The van der Waals surface area contributed by atoms with E-state index in [4.69, 9.17) is 10.6 Å². The summed E-state index contributed by atoms with van der Waals surface area (Å²) in [4.78, 5) is 12.9. The minimum atomic E-state index is -0.252. The van der Waals surface area contributed by atoms with Crippen LogP contribution in [0.2, 0.25) is 0 Å². The lowest BCUT2D eigenvalue weighted by Gasteiger charge is -2.10. The van der Waals surface area contributed by atoms with E-state index in [1.165, 1.54) is 11.3 Å². The fourth-order valence-electron chi connectivity index (χ4n) is 1.36. The van der Waals surface area contributed by atoms with E-state index in [1.54, 1.807) is 6.07 Å². The average Bonchev–Trinajstić information content (AvgIpc) is 2.74. The molecule has 0 aliphatic heterocycles. The molecule has 1 amide bonds. The third-order valence-electron chi connectivity index (χ3n) is 2.22. The Kier molecular flexibility index (Phi) is 5.45. The second kappa shape index (κ2) is 6.62. The fraction of sp³-hybridized carbons (Fsp3) is 0.545. The van der Waals surface area contributed by atoms with Crippen molar-refractivity contribution in [3.8, 4) is 0 Å². The summed E-state index contributed by atoms with van der Waals surface area (Å²) in [6.07, 6.45) is 2.44. The first-order valence-corrected chi connectivity index (χ1v) is 6.20. The Morgan fingerprint density at radius 1 is 1.62 bits per heavy atom. The van der Waals surface area contributed by atoms with Crippen molar-refractivity contribution in [1.29, 1.82) is 0 Å². The quantitative estimate of drug-likeness (QED) is 0.456. The number of rotatable bonds is 6. The number of carbonyl (C=O) groups excluding carboxylic acids is 1. The molecule has 5 heteroatoms. The van der Waals surface area contributed by atoms with Gasteiger partial charge in [0.05, 0.1) is 17.6 Å². The SMILES string of the molecule is CCCC(C)OCc1ccc(C(=O)NN)s1. The van der Waals surface area contributed by atoms with Gasteiger partial charge in [-0.2, -0.15) is 0 Å². The van der Waals surface area contributed by atoms with Gasteiger partial charge in [-0.15, -0.1) is 11.3 Å². The highest BCUT2D eigenvalue weighted by atomic mass is 32.1. The maximum Gasteiger partial charge on any atom is 0.275 e. The smallest absolute Gasteiger partial charge is 0.275 e. The summed E-state index contributed by atoms with van der Waals surface area (Å²) in [7, 11) is 0. The molecule has 0 bridgehead atoms. The third-order valence-corrected chi connectivity index (χ3v) is 3.28. The predicted molar refractivity (Wildman–Crippen MR) is 65.1 cm³/mol. The summed E-state index contributed by atoms with van der Waals surface area (Å²) in [5, 5.41) is 0. The molecule has 4 nitrogen and oxygen atoms in total. The van der Waals surface area contributed by atoms with Gasteiger partial charge in [0.1, 0.15) is 0 Å². The highest BCUT2D eigenvalue weighted by Gasteiger charge is 2.08. The van der Waals surface area contributed by atoms with Gasteiger partial charge in [-0.25, -0.2) is 5.84 Å². The number of ether oxygens (including phenoxy) is 1. The van der Waals surface area contributed by atoms with Crippen LogP contribution in [0.1, 0.15) is 41.2 Å². The Morgan fingerprint density at radius 3 is 3.00 bits per heavy atom. The van der Waals surface area contributed by atoms with Gasteiger partial charge in [0, 0.05) is 4.88 Å². The molecule has 1 heterocycles. The van der Waals surface area contributed by atoms with Gasteiger partial charge < -0.3 is 4.74 Å². The molecule has 1 aromatic rings. The summed E-state index contributed by atoms with van der Waals surface area (Å²) in [6, 6.07) is 3.66. The molecule has 0 aromatic carbocycles. The minimum absolute atomic E-state index is 0.252. The van der Waals surface area contributed by atoms with E-state index < -0.39 is 0 Å². The summed E-state index contributed by atoms with van der Waals surface area (Å²) in [6.45, 7) is 4.75. The van der Waals surface area contributed by atoms with Crippen LogP contribution >= 0.6 is 11.3 Å². The molecule has 1 aromatic heterocycles. The van der Waals surface area contributed by atoms with Crippen molar-refractivity contribution in [2.45, 2.75) is 39.4 Å². The zero-order valence-corrected chi connectivity index (χ0v) is 10.5. The second-order valence-corrected chi connectivity index (χ2v) is 4.82. The van der Waals surface area contributed by atoms with Crippen LogP contribution in [-0.4, -0.2) is 12.0 Å². The molecule has 90 valence electrons. The summed E-state index contributed by atoms with van der Waals surface area (Å²) in [5.41, 5.74) is 2.11. The Hall–Kier alpha value is -0.910. The molecule has 0 spiro atoms. The summed E-state index contributed by atoms with van der Waals surface area (Å²) >= 11 is 1.41. The monoisotopic (exact) mass is 242 g/mol. The third kappa shape index (κ3) is 3.92. The van der Waals surface area contributed by atoms with E-state index in [0.29, 0.717) is 11.5 Å². The topological polar surface area (TPSA) is 64.3 Å². The molecule has 0 saturated carbocycles. The largest absolute Gasteiger partial charge is 0.373 e. The van der Waals surface area contributed by atoms with E-state index >= 15 is 0 Å². The lowest BCUT2D eigenvalue weighted by molar-refractivity contribution is 0.0488. The van der Waals surface area contributed by atoms with Crippen LogP contribution in [-0.2, 0) is 11.3 Å². The Bertz CT molecular complexity index is 338. The van der Waals surface area contributed by atoms with Crippen LogP contribution in [0.15, 0.2) is 12.1 Å². The summed E-state index contributed by atoms with van der Waals surface area (Å²) in [5.74, 6) is 4.80. The molecule has 3 N–H and O–H groups in total. The molecule has 1 unspecified atom stereocenters. The number of nitrogen functional groups attached to an aromatic ring is 1. The lowest BCUT2D eigenvalue weighted by Crippen LogP contribution is -2.29. The van der Waals surface area contributed by atoms with Gasteiger partial charge in [-0.05, 0) is 25.5 Å². The van der Waals surface area contributed by atoms with Gasteiger partial charge >= 0.3 is 0 Å². The molecule has 0 aliphatic rings. The van der Waals surface area contributed by atoms with E-state index in [-0.39, 0.29) is 12.0 Å².